The Hall–Kier alpha value is -7.42. The Morgan fingerprint density at radius 2 is 0.737 bits per heavy atom. The van der Waals surface area contributed by atoms with Crippen LogP contribution >= 0.6 is 0 Å². The zero-order chi connectivity index (χ0) is 37.8. The Balaban J connectivity index is 1.11. The molecule has 0 fully saturated rings. The summed E-state index contributed by atoms with van der Waals surface area (Å²) in [6.07, 6.45) is 0. The van der Waals surface area contributed by atoms with Gasteiger partial charge < -0.3 is 9.64 Å². The summed E-state index contributed by atoms with van der Waals surface area (Å²) in [4.78, 5) is 2.41. The smallest absolute Gasteiger partial charge is 0.132 e. The fraction of sp³-hybridized carbons (Fsp3) is 0.0182. The third-order valence-electron chi connectivity index (χ3n) is 11.8. The SMILES string of the molecule is c1ccc(-c2ccc(-c3ccccc3N(c3ccccc3)c3ccccc3-c3ccc4c(c3)C3(c5ccccc5O4)c4ccccc4-c4ccccc43)cc2)cc1. The first-order valence-corrected chi connectivity index (χ1v) is 19.6. The zero-order valence-electron chi connectivity index (χ0n) is 31.2. The number of hydrogen-bond donors (Lipinski definition) is 0. The van der Waals surface area contributed by atoms with Crippen molar-refractivity contribution in [3.05, 3.63) is 247 Å². The Kier molecular flexibility index (Phi) is 7.75. The van der Waals surface area contributed by atoms with Crippen LogP contribution in [-0.4, -0.2) is 0 Å². The number of benzene rings is 9. The summed E-state index contributed by atoms with van der Waals surface area (Å²) in [7, 11) is 0. The molecule has 0 amide bonds. The average Bonchev–Trinajstić information content (AvgIpc) is 3.58. The standard InChI is InChI=1S/C55H37NO/c1-3-17-38(18-4-1)39-31-33-40(34-32-39)43-21-9-14-28-51(43)56(42-19-5-2-6-20-42)52-29-15-10-22-44(52)41-35-36-54-50(37-41)55(49-27-13-16-30-53(49)57-54)47-25-11-7-23-45(47)46-24-8-12-26-48(46)55/h1-37H. The van der Waals surface area contributed by atoms with Gasteiger partial charge in [0, 0.05) is 27.9 Å². The van der Waals surface area contributed by atoms with Crippen LogP contribution in [0.15, 0.2) is 224 Å². The van der Waals surface area contributed by atoms with Crippen LogP contribution in [0.4, 0.5) is 17.1 Å². The molecule has 1 aliphatic heterocycles. The highest BCUT2D eigenvalue weighted by molar-refractivity contribution is 5.95. The van der Waals surface area contributed by atoms with E-state index in [2.05, 4.69) is 229 Å². The first kappa shape index (κ1) is 33.0. The quantitative estimate of drug-likeness (QED) is 0.169. The van der Waals surface area contributed by atoms with Crippen molar-refractivity contribution in [2.75, 3.05) is 4.90 Å². The highest BCUT2D eigenvalue weighted by atomic mass is 16.5. The number of para-hydroxylation sites is 4. The molecule has 1 heterocycles. The van der Waals surface area contributed by atoms with E-state index in [0.717, 1.165) is 56.4 Å². The molecular weight excluding hydrogens is 691 g/mol. The van der Waals surface area contributed by atoms with Gasteiger partial charge in [-0.05, 0) is 87.0 Å². The van der Waals surface area contributed by atoms with Crippen LogP contribution in [0.5, 0.6) is 11.5 Å². The Morgan fingerprint density at radius 3 is 1.39 bits per heavy atom. The van der Waals surface area contributed by atoms with Gasteiger partial charge in [-0.15, -0.1) is 0 Å². The van der Waals surface area contributed by atoms with Crippen LogP contribution in [0.2, 0.25) is 0 Å². The molecule has 0 aromatic heterocycles. The van der Waals surface area contributed by atoms with E-state index in [-0.39, 0.29) is 0 Å². The highest BCUT2D eigenvalue weighted by Crippen LogP contribution is 2.62. The summed E-state index contributed by atoms with van der Waals surface area (Å²) in [5.74, 6) is 1.78. The lowest BCUT2D eigenvalue weighted by atomic mass is 9.66. The molecule has 2 heteroatoms. The number of hydrogen-bond acceptors (Lipinski definition) is 2. The second-order valence-corrected chi connectivity index (χ2v) is 14.8. The van der Waals surface area contributed by atoms with Gasteiger partial charge in [0.25, 0.3) is 0 Å². The van der Waals surface area contributed by atoms with Gasteiger partial charge in [0.2, 0.25) is 0 Å². The van der Waals surface area contributed by atoms with E-state index >= 15 is 0 Å². The van der Waals surface area contributed by atoms with E-state index in [0.29, 0.717) is 0 Å². The van der Waals surface area contributed by atoms with Crippen molar-refractivity contribution in [3.63, 3.8) is 0 Å². The monoisotopic (exact) mass is 727 g/mol. The second-order valence-electron chi connectivity index (χ2n) is 14.8. The fourth-order valence-corrected chi connectivity index (χ4v) is 9.31. The predicted molar refractivity (Wildman–Crippen MR) is 235 cm³/mol. The molecule has 0 unspecified atom stereocenters. The van der Waals surface area contributed by atoms with Gasteiger partial charge in [0.1, 0.15) is 11.5 Å². The van der Waals surface area contributed by atoms with Crippen LogP contribution in [-0.2, 0) is 5.41 Å². The lowest BCUT2D eigenvalue weighted by Gasteiger charge is -2.39. The van der Waals surface area contributed by atoms with Crippen molar-refractivity contribution in [1.29, 1.82) is 0 Å². The summed E-state index contributed by atoms with van der Waals surface area (Å²) in [5, 5.41) is 0. The molecule has 0 saturated heterocycles. The maximum atomic E-state index is 6.79. The molecule has 1 spiro atoms. The molecule has 9 aromatic rings. The minimum Gasteiger partial charge on any atom is -0.457 e. The molecule has 9 aromatic carbocycles. The van der Waals surface area contributed by atoms with Gasteiger partial charge in [0.15, 0.2) is 0 Å². The van der Waals surface area contributed by atoms with Gasteiger partial charge in [-0.1, -0.05) is 182 Å². The molecule has 268 valence electrons. The van der Waals surface area contributed by atoms with E-state index in [1.807, 2.05) is 0 Å². The third kappa shape index (κ3) is 5.18. The van der Waals surface area contributed by atoms with Gasteiger partial charge in [0.05, 0.1) is 16.8 Å². The first-order valence-electron chi connectivity index (χ1n) is 19.6. The van der Waals surface area contributed by atoms with Crippen molar-refractivity contribution < 1.29 is 4.74 Å². The van der Waals surface area contributed by atoms with Crippen LogP contribution in [0.1, 0.15) is 22.3 Å². The number of anilines is 3. The Bertz CT molecular complexity index is 2890. The predicted octanol–water partition coefficient (Wildman–Crippen LogP) is 14.6. The first-order chi connectivity index (χ1) is 28.3. The number of nitrogens with zero attached hydrogens (tertiary/aromatic N) is 1. The molecule has 0 bridgehead atoms. The largest absolute Gasteiger partial charge is 0.457 e. The fourth-order valence-electron chi connectivity index (χ4n) is 9.31. The van der Waals surface area contributed by atoms with E-state index in [9.17, 15) is 0 Å². The second kappa shape index (κ2) is 13.4. The third-order valence-corrected chi connectivity index (χ3v) is 11.8. The zero-order valence-corrected chi connectivity index (χ0v) is 31.2. The van der Waals surface area contributed by atoms with E-state index in [1.54, 1.807) is 0 Å². The number of fused-ring (bicyclic) bond motifs is 9. The van der Waals surface area contributed by atoms with E-state index in [1.165, 1.54) is 38.9 Å². The molecule has 1 aliphatic carbocycles. The van der Waals surface area contributed by atoms with Gasteiger partial charge >= 0.3 is 0 Å². The van der Waals surface area contributed by atoms with E-state index < -0.39 is 5.41 Å². The van der Waals surface area contributed by atoms with Crippen molar-refractivity contribution in [2.45, 2.75) is 5.41 Å². The van der Waals surface area contributed by atoms with E-state index in [4.69, 9.17) is 4.74 Å². The van der Waals surface area contributed by atoms with Crippen molar-refractivity contribution in [3.8, 4) is 56.0 Å². The van der Waals surface area contributed by atoms with Crippen molar-refractivity contribution in [2.24, 2.45) is 0 Å². The Morgan fingerprint density at radius 1 is 0.298 bits per heavy atom. The summed E-state index contributed by atoms with van der Waals surface area (Å²) < 4.78 is 6.79. The van der Waals surface area contributed by atoms with Gasteiger partial charge in [-0.25, -0.2) is 0 Å². The lowest BCUT2D eigenvalue weighted by molar-refractivity contribution is 0.436. The van der Waals surface area contributed by atoms with Crippen LogP contribution < -0.4 is 9.64 Å². The summed E-state index contributed by atoms with van der Waals surface area (Å²) >= 11 is 0. The molecule has 2 aliphatic rings. The maximum Gasteiger partial charge on any atom is 0.132 e. The molecule has 0 radical (unpaired) electrons. The minimum absolute atomic E-state index is 0.542. The molecule has 57 heavy (non-hydrogen) atoms. The maximum absolute atomic E-state index is 6.79. The topological polar surface area (TPSA) is 12.5 Å². The number of ether oxygens (including phenoxy) is 1. The molecule has 0 saturated carbocycles. The molecule has 11 rings (SSSR count). The minimum atomic E-state index is -0.542. The lowest BCUT2D eigenvalue weighted by Crippen LogP contribution is -2.32. The van der Waals surface area contributed by atoms with Crippen LogP contribution in [0.25, 0.3) is 44.5 Å². The molecule has 0 atom stereocenters. The summed E-state index contributed by atoms with van der Waals surface area (Å²) in [5.41, 5.74) is 17.1. The normalized spacial score (nSPS) is 12.8. The van der Waals surface area contributed by atoms with Crippen LogP contribution in [0, 0.1) is 0 Å². The van der Waals surface area contributed by atoms with Gasteiger partial charge in [-0.3, -0.25) is 0 Å². The van der Waals surface area contributed by atoms with Crippen molar-refractivity contribution in [1.82, 2.24) is 0 Å². The van der Waals surface area contributed by atoms with Crippen LogP contribution in [0.3, 0.4) is 0 Å². The highest BCUT2D eigenvalue weighted by Gasteiger charge is 2.51. The summed E-state index contributed by atoms with van der Waals surface area (Å²) in [6.45, 7) is 0. The molecule has 2 nitrogen and oxygen atoms in total. The van der Waals surface area contributed by atoms with Gasteiger partial charge in [-0.2, -0.15) is 0 Å². The molecule has 0 N–H and O–H groups in total. The number of rotatable bonds is 6. The molecular formula is C55H37NO. The summed E-state index contributed by atoms with van der Waals surface area (Å²) in [6, 6.07) is 81.0. The Labute approximate surface area is 333 Å². The van der Waals surface area contributed by atoms with Crippen molar-refractivity contribution >= 4 is 17.1 Å². The average molecular weight is 728 g/mol.